The zero-order chi connectivity index (χ0) is 16.9. The third kappa shape index (κ3) is 4.08. The summed E-state index contributed by atoms with van der Waals surface area (Å²) in [4.78, 5) is 4.75. The summed E-state index contributed by atoms with van der Waals surface area (Å²) in [5.74, 6) is 0.817. The van der Waals surface area contributed by atoms with Crippen molar-refractivity contribution in [1.82, 2.24) is 4.90 Å². The standard InChI is InChI=1S/C20H26N2O2/c1-16-3-7-18(8-4-16)22-13-11-21(12-14-22)15-20(23)17-5-9-19(24-2)10-6-17/h3-10,20,23H,11-15H2,1-2H3/t20-/m1/s1. The molecule has 0 aromatic heterocycles. The Morgan fingerprint density at radius 3 is 2.17 bits per heavy atom. The van der Waals surface area contributed by atoms with Crippen molar-refractivity contribution in [2.24, 2.45) is 0 Å². The van der Waals surface area contributed by atoms with Crippen molar-refractivity contribution in [2.75, 3.05) is 44.7 Å². The molecule has 128 valence electrons. The predicted octanol–water partition coefficient (Wildman–Crippen LogP) is 2.86. The summed E-state index contributed by atoms with van der Waals surface area (Å²) in [6.45, 7) is 6.73. The van der Waals surface area contributed by atoms with Gasteiger partial charge >= 0.3 is 0 Å². The zero-order valence-corrected chi connectivity index (χ0v) is 14.5. The fourth-order valence-corrected chi connectivity index (χ4v) is 3.12. The highest BCUT2D eigenvalue weighted by Crippen LogP contribution is 2.21. The molecule has 1 heterocycles. The molecule has 1 fully saturated rings. The maximum Gasteiger partial charge on any atom is 0.118 e. The summed E-state index contributed by atoms with van der Waals surface area (Å²) in [6, 6.07) is 16.4. The highest BCUT2D eigenvalue weighted by Gasteiger charge is 2.20. The van der Waals surface area contributed by atoms with Crippen LogP contribution in [-0.4, -0.2) is 49.8 Å². The lowest BCUT2D eigenvalue weighted by atomic mass is 10.1. The number of β-amino-alcohol motifs (C(OH)–C–C–N with tert-alkyl or cyclic N) is 1. The van der Waals surface area contributed by atoms with Crippen LogP contribution in [0.25, 0.3) is 0 Å². The topological polar surface area (TPSA) is 35.9 Å². The van der Waals surface area contributed by atoms with Gasteiger partial charge in [0.1, 0.15) is 5.75 Å². The van der Waals surface area contributed by atoms with E-state index in [1.54, 1.807) is 7.11 Å². The number of aliphatic hydroxyl groups is 1. The van der Waals surface area contributed by atoms with E-state index < -0.39 is 6.10 Å². The molecule has 2 aromatic rings. The van der Waals surface area contributed by atoms with Gasteiger partial charge in [0, 0.05) is 38.4 Å². The molecular formula is C20H26N2O2. The number of rotatable bonds is 5. The van der Waals surface area contributed by atoms with Crippen LogP contribution in [0.1, 0.15) is 17.2 Å². The Bertz CT molecular complexity index is 632. The van der Waals surface area contributed by atoms with Gasteiger partial charge in [0.25, 0.3) is 0 Å². The van der Waals surface area contributed by atoms with Gasteiger partial charge in [0.2, 0.25) is 0 Å². The summed E-state index contributed by atoms with van der Waals surface area (Å²) in [5, 5.41) is 10.5. The Labute approximate surface area is 144 Å². The van der Waals surface area contributed by atoms with Gasteiger partial charge in [-0.1, -0.05) is 29.8 Å². The van der Waals surface area contributed by atoms with Crippen molar-refractivity contribution in [3.05, 3.63) is 59.7 Å². The Kier molecular flexibility index (Phi) is 5.38. The highest BCUT2D eigenvalue weighted by atomic mass is 16.5. The smallest absolute Gasteiger partial charge is 0.118 e. The van der Waals surface area contributed by atoms with Crippen molar-refractivity contribution in [3.63, 3.8) is 0 Å². The number of hydrogen-bond donors (Lipinski definition) is 1. The minimum Gasteiger partial charge on any atom is -0.497 e. The Balaban J connectivity index is 1.51. The first-order valence-corrected chi connectivity index (χ1v) is 8.51. The maximum atomic E-state index is 10.5. The molecule has 1 N–H and O–H groups in total. The van der Waals surface area contributed by atoms with Gasteiger partial charge in [0.05, 0.1) is 13.2 Å². The summed E-state index contributed by atoms with van der Waals surface area (Å²) in [6.07, 6.45) is -0.457. The number of aliphatic hydroxyl groups excluding tert-OH is 1. The van der Waals surface area contributed by atoms with Crippen molar-refractivity contribution in [2.45, 2.75) is 13.0 Å². The lowest BCUT2D eigenvalue weighted by Crippen LogP contribution is -2.47. The molecule has 2 aromatic carbocycles. The number of piperazine rings is 1. The Morgan fingerprint density at radius 1 is 0.958 bits per heavy atom. The molecular weight excluding hydrogens is 300 g/mol. The largest absolute Gasteiger partial charge is 0.497 e. The van der Waals surface area contributed by atoms with E-state index in [1.165, 1.54) is 11.3 Å². The molecule has 4 heteroatoms. The quantitative estimate of drug-likeness (QED) is 0.916. The average Bonchev–Trinajstić information content (AvgIpc) is 2.63. The van der Waals surface area contributed by atoms with E-state index in [9.17, 15) is 5.11 Å². The first-order valence-electron chi connectivity index (χ1n) is 8.51. The van der Waals surface area contributed by atoms with Crippen LogP contribution in [0.3, 0.4) is 0 Å². The van der Waals surface area contributed by atoms with Gasteiger partial charge in [0.15, 0.2) is 0 Å². The third-order valence-corrected chi connectivity index (χ3v) is 4.70. The van der Waals surface area contributed by atoms with Gasteiger partial charge in [-0.05, 0) is 36.8 Å². The van der Waals surface area contributed by atoms with E-state index in [-0.39, 0.29) is 0 Å². The lowest BCUT2D eigenvalue weighted by molar-refractivity contribution is 0.109. The molecule has 0 radical (unpaired) electrons. The van der Waals surface area contributed by atoms with Crippen molar-refractivity contribution in [1.29, 1.82) is 0 Å². The van der Waals surface area contributed by atoms with Gasteiger partial charge < -0.3 is 14.7 Å². The number of methoxy groups -OCH3 is 1. The van der Waals surface area contributed by atoms with E-state index in [0.29, 0.717) is 6.54 Å². The van der Waals surface area contributed by atoms with Crippen LogP contribution in [0.5, 0.6) is 5.75 Å². The molecule has 1 aliphatic rings. The van der Waals surface area contributed by atoms with Crippen molar-refractivity contribution in [3.8, 4) is 5.75 Å². The molecule has 1 aliphatic heterocycles. The Morgan fingerprint density at radius 2 is 1.58 bits per heavy atom. The van der Waals surface area contributed by atoms with E-state index in [0.717, 1.165) is 37.5 Å². The first-order chi connectivity index (χ1) is 11.7. The fraction of sp³-hybridized carbons (Fsp3) is 0.400. The monoisotopic (exact) mass is 326 g/mol. The van der Waals surface area contributed by atoms with Crippen LogP contribution in [0.15, 0.2) is 48.5 Å². The van der Waals surface area contributed by atoms with Gasteiger partial charge in [-0.15, -0.1) is 0 Å². The van der Waals surface area contributed by atoms with Crippen LogP contribution in [0.2, 0.25) is 0 Å². The second-order valence-electron chi connectivity index (χ2n) is 6.41. The number of hydrogen-bond acceptors (Lipinski definition) is 4. The number of nitrogens with zero attached hydrogens (tertiary/aromatic N) is 2. The predicted molar refractivity (Wildman–Crippen MR) is 97.8 cm³/mol. The average molecular weight is 326 g/mol. The van der Waals surface area contributed by atoms with Gasteiger partial charge in [-0.3, -0.25) is 4.90 Å². The first kappa shape index (κ1) is 16.8. The molecule has 1 saturated heterocycles. The minimum atomic E-state index is -0.457. The molecule has 3 rings (SSSR count). The van der Waals surface area contributed by atoms with Gasteiger partial charge in [-0.2, -0.15) is 0 Å². The molecule has 24 heavy (non-hydrogen) atoms. The van der Waals surface area contributed by atoms with Crippen LogP contribution >= 0.6 is 0 Å². The van der Waals surface area contributed by atoms with Crippen molar-refractivity contribution < 1.29 is 9.84 Å². The second kappa shape index (κ2) is 7.69. The molecule has 0 spiro atoms. The number of aryl methyl sites for hydroxylation is 1. The summed E-state index contributed by atoms with van der Waals surface area (Å²) in [7, 11) is 1.65. The van der Waals surface area contributed by atoms with E-state index >= 15 is 0 Å². The maximum absolute atomic E-state index is 10.5. The molecule has 0 aliphatic carbocycles. The normalized spacial score (nSPS) is 16.9. The lowest BCUT2D eigenvalue weighted by Gasteiger charge is -2.37. The zero-order valence-electron chi connectivity index (χ0n) is 14.5. The fourth-order valence-electron chi connectivity index (χ4n) is 3.12. The van der Waals surface area contributed by atoms with Gasteiger partial charge in [-0.25, -0.2) is 0 Å². The molecule has 1 atom stereocenters. The highest BCUT2D eigenvalue weighted by molar-refractivity contribution is 5.47. The van der Waals surface area contributed by atoms with E-state index in [2.05, 4.69) is 41.0 Å². The SMILES string of the molecule is COc1ccc([C@H](O)CN2CCN(c3ccc(C)cc3)CC2)cc1. The molecule has 4 nitrogen and oxygen atoms in total. The Hall–Kier alpha value is -2.04. The van der Waals surface area contributed by atoms with E-state index in [4.69, 9.17) is 4.74 Å². The van der Waals surface area contributed by atoms with Crippen LogP contribution in [-0.2, 0) is 0 Å². The van der Waals surface area contributed by atoms with Crippen LogP contribution in [0, 0.1) is 6.92 Å². The summed E-state index contributed by atoms with van der Waals surface area (Å²) >= 11 is 0. The molecule has 0 bridgehead atoms. The second-order valence-corrected chi connectivity index (χ2v) is 6.41. The summed E-state index contributed by atoms with van der Waals surface area (Å²) < 4.78 is 5.16. The number of anilines is 1. The molecule has 0 amide bonds. The molecule has 0 saturated carbocycles. The minimum absolute atomic E-state index is 0.457. The van der Waals surface area contributed by atoms with Crippen molar-refractivity contribution >= 4 is 5.69 Å². The van der Waals surface area contributed by atoms with E-state index in [1.807, 2.05) is 24.3 Å². The molecule has 0 unspecified atom stereocenters. The van der Waals surface area contributed by atoms with Crippen LogP contribution < -0.4 is 9.64 Å². The summed E-state index contributed by atoms with van der Waals surface area (Å²) in [5.41, 5.74) is 3.52. The van der Waals surface area contributed by atoms with Crippen LogP contribution in [0.4, 0.5) is 5.69 Å². The number of ether oxygens (including phenoxy) is 1. The third-order valence-electron chi connectivity index (χ3n) is 4.70. The number of benzene rings is 2.